The number of halogens is 1. The van der Waals surface area contributed by atoms with Crippen LogP contribution < -0.4 is 19.7 Å². The first-order valence-corrected chi connectivity index (χ1v) is 8.69. The molecular weight excluding hydrogens is 374 g/mol. The Hall–Kier alpha value is -1.93. The molecule has 0 aliphatic carbocycles. The van der Waals surface area contributed by atoms with Gasteiger partial charge in [-0.15, -0.1) is 0 Å². The van der Waals surface area contributed by atoms with Gasteiger partial charge in [-0.25, -0.2) is 15.0 Å². The number of ether oxygens (including phenoxy) is 2. The van der Waals surface area contributed by atoms with Crippen molar-refractivity contribution in [3.63, 3.8) is 0 Å². The summed E-state index contributed by atoms with van der Waals surface area (Å²) >= 11 is 3.35. The summed E-state index contributed by atoms with van der Waals surface area (Å²) in [5, 5.41) is 3.37. The minimum absolute atomic E-state index is 0.348. The Morgan fingerprint density at radius 2 is 2.04 bits per heavy atom. The topological polar surface area (TPSA) is 72.4 Å². The molecule has 2 aromatic rings. The predicted octanol–water partition coefficient (Wildman–Crippen LogP) is 1.89. The molecule has 1 fully saturated rings. The van der Waals surface area contributed by atoms with Crippen LogP contribution in [-0.4, -0.2) is 53.8 Å². The molecule has 8 heteroatoms. The smallest absolute Gasteiger partial charge is 0.257 e. The second kappa shape index (κ2) is 8.25. The zero-order chi connectivity index (χ0) is 16.8. The van der Waals surface area contributed by atoms with Gasteiger partial charge in [0.05, 0.1) is 0 Å². The summed E-state index contributed by atoms with van der Waals surface area (Å²) in [5.41, 5.74) is 0. The second-order valence-corrected chi connectivity index (χ2v) is 6.17. The summed E-state index contributed by atoms with van der Waals surface area (Å²) in [6.45, 7) is 5.68. The molecule has 0 aromatic carbocycles. The minimum atomic E-state index is 0.348. The molecule has 7 nitrogen and oxygen atoms in total. The summed E-state index contributed by atoms with van der Waals surface area (Å²) in [7, 11) is 0. The lowest BCUT2D eigenvalue weighted by molar-refractivity contribution is 0.210. The van der Waals surface area contributed by atoms with Crippen molar-refractivity contribution in [1.29, 1.82) is 0 Å². The van der Waals surface area contributed by atoms with Crippen LogP contribution in [0.3, 0.4) is 0 Å². The van der Waals surface area contributed by atoms with E-state index in [1.807, 2.05) is 12.1 Å². The van der Waals surface area contributed by atoms with Crippen LogP contribution in [-0.2, 0) is 0 Å². The van der Waals surface area contributed by atoms with Gasteiger partial charge in [-0.2, -0.15) is 0 Å². The molecule has 1 N–H and O–H groups in total. The fourth-order valence-electron chi connectivity index (χ4n) is 2.54. The van der Waals surface area contributed by atoms with Crippen molar-refractivity contribution in [3.8, 4) is 11.6 Å². The Morgan fingerprint density at radius 3 is 2.88 bits per heavy atom. The first-order valence-electron chi connectivity index (χ1n) is 7.90. The van der Waals surface area contributed by atoms with Crippen molar-refractivity contribution in [2.45, 2.75) is 13.0 Å². The summed E-state index contributed by atoms with van der Waals surface area (Å²) in [5.74, 6) is 2.02. The van der Waals surface area contributed by atoms with Gasteiger partial charge in [0.25, 0.3) is 5.88 Å². The molecule has 24 heavy (non-hydrogen) atoms. The number of aromatic nitrogens is 3. The van der Waals surface area contributed by atoms with Crippen LogP contribution >= 0.6 is 15.9 Å². The minimum Gasteiger partial charge on any atom is -0.487 e. The van der Waals surface area contributed by atoms with Crippen LogP contribution in [0.25, 0.3) is 0 Å². The summed E-state index contributed by atoms with van der Waals surface area (Å²) in [6, 6.07) is 4.03. The number of hydrogen-bond acceptors (Lipinski definition) is 7. The third-order valence-corrected chi connectivity index (χ3v) is 4.32. The number of rotatable bonds is 6. The Balaban J connectivity index is 1.58. The fraction of sp³-hybridized carbons (Fsp3) is 0.438. The van der Waals surface area contributed by atoms with Gasteiger partial charge in [-0.3, -0.25) is 0 Å². The monoisotopic (exact) mass is 393 g/mol. The van der Waals surface area contributed by atoms with Crippen molar-refractivity contribution in [2.24, 2.45) is 0 Å². The molecule has 0 bridgehead atoms. The van der Waals surface area contributed by atoms with Crippen LogP contribution in [0.2, 0.25) is 0 Å². The molecule has 1 saturated heterocycles. The normalized spacial score (nSPS) is 17.6. The quantitative estimate of drug-likeness (QED) is 0.593. The number of nitrogens with zero attached hydrogens (tertiary/aromatic N) is 4. The van der Waals surface area contributed by atoms with Crippen molar-refractivity contribution < 1.29 is 9.47 Å². The molecule has 0 spiro atoms. The molecule has 0 amide bonds. The van der Waals surface area contributed by atoms with E-state index in [9.17, 15) is 0 Å². The maximum absolute atomic E-state index is 5.80. The Morgan fingerprint density at radius 1 is 1.21 bits per heavy atom. The molecule has 0 saturated carbocycles. The third kappa shape index (κ3) is 4.12. The van der Waals surface area contributed by atoms with Crippen LogP contribution in [0, 0.1) is 0 Å². The highest BCUT2D eigenvalue weighted by atomic mass is 79.9. The number of anilines is 1. The van der Waals surface area contributed by atoms with E-state index in [2.05, 4.69) is 48.0 Å². The van der Waals surface area contributed by atoms with Gasteiger partial charge in [-0.1, -0.05) is 0 Å². The van der Waals surface area contributed by atoms with Crippen LogP contribution in [0.1, 0.15) is 6.92 Å². The maximum atomic E-state index is 5.80. The first-order chi connectivity index (χ1) is 11.8. The fourth-order valence-corrected chi connectivity index (χ4v) is 2.91. The number of pyridine rings is 1. The first kappa shape index (κ1) is 16.9. The molecule has 0 unspecified atom stereocenters. The standard InChI is InChI=1S/C16H20BrN5O2/c1-12-11-18-7-8-22(12)15-16(21-6-5-20-15)24-10-9-23-13-3-2-4-19-14(13)17/h2-6,12,18H,7-11H2,1H3/t12-/m1/s1. The lowest BCUT2D eigenvalue weighted by atomic mass is 10.2. The summed E-state index contributed by atoms with van der Waals surface area (Å²) < 4.78 is 12.1. The predicted molar refractivity (Wildman–Crippen MR) is 94.6 cm³/mol. The molecule has 1 aliphatic rings. The molecule has 128 valence electrons. The Kier molecular flexibility index (Phi) is 5.81. The highest BCUT2D eigenvalue weighted by Gasteiger charge is 2.23. The van der Waals surface area contributed by atoms with Crippen molar-refractivity contribution in [3.05, 3.63) is 35.3 Å². The van der Waals surface area contributed by atoms with Crippen molar-refractivity contribution in [1.82, 2.24) is 20.3 Å². The van der Waals surface area contributed by atoms with Gasteiger partial charge < -0.3 is 19.7 Å². The zero-order valence-corrected chi connectivity index (χ0v) is 15.1. The van der Waals surface area contributed by atoms with E-state index in [0.29, 0.717) is 35.5 Å². The maximum Gasteiger partial charge on any atom is 0.257 e. The van der Waals surface area contributed by atoms with Crippen molar-refractivity contribution >= 4 is 21.7 Å². The van der Waals surface area contributed by atoms with E-state index in [1.165, 1.54) is 0 Å². The van der Waals surface area contributed by atoms with Gasteiger partial charge in [0, 0.05) is 44.3 Å². The van der Waals surface area contributed by atoms with E-state index in [0.717, 1.165) is 25.5 Å². The molecule has 3 rings (SSSR count). The zero-order valence-electron chi connectivity index (χ0n) is 13.5. The van der Waals surface area contributed by atoms with E-state index in [-0.39, 0.29) is 0 Å². The third-order valence-electron chi connectivity index (χ3n) is 3.72. The average molecular weight is 394 g/mol. The molecule has 0 radical (unpaired) electrons. The number of piperazine rings is 1. The van der Waals surface area contributed by atoms with E-state index >= 15 is 0 Å². The van der Waals surface area contributed by atoms with Crippen LogP contribution in [0.5, 0.6) is 11.6 Å². The number of nitrogens with one attached hydrogen (secondary N) is 1. The van der Waals surface area contributed by atoms with E-state index in [1.54, 1.807) is 18.6 Å². The van der Waals surface area contributed by atoms with Gasteiger partial charge in [0.2, 0.25) is 0 Å². The van der Waals surface area contributed by atoms with Crippen molar-refractivity contribution in [2.75, 3.05) is 37.7 Å². The van der Waals surface area contributed by atoms with E-state index in [4.69, 9.17) is 9.47 Å². The Labute approximate surface area is 149 Å². The molecule has 3 heterocycles. The SMILES string of the molecule is C[C@@H]1CNCCN1c1nccnc1OCCOc1cccnc1Br. The van der Waals surface area contributed by atoms with Gasteiger partial charge in [0.1, 0.15) is 17.8 Å². The highest BCUT2D eigenvalue weighted by Crippen LogP contribution is 2.25. The number of hydrogen-bond donors (Lipinski definition) is 1. The highest BCUT2D eigenvalue weighted by molar-refractivity contribution is 9.10. The molecule has 1 aliphatic heterocycles. The van der Waals surface area contributed by atoms with E-state index < -0.39 is 0 Å². The van der Waals surface area contributed by atoms with Crippen LogP contribution in [0.4, 0.5) is 5.82 Å². The summed E-state index contributed by atoms with van der Waals surface area (Å²) in [6.07, 6.45) is 5.04. The molecule has 1 atom stereocenters. The average Bonchev–Trinajstić information content (AvgIpc) is 2.61. The van der Waals surface area contributed by atoms with Gasteiger partial charge in [-0.05, 0) is 35.0 Å². The lowest BCUT2D eigenvalue weighted by Crippen LogP contribution is -2.50. The molecule has 2 aromatic heterocycles. The lowest BCUT2D eigenvalue weighted by Gasteiger charge is -2.35. The molecular formula is C16H20BrN5O2. The summed E-state index contributed by atoms with van der Waals surface area (Å²) in [4.78, 5) is 15.1. The van der Waals surface area contributed by atoms with Crippen LogP contribution in [0.15, 0.2) is 35.3 Å². The largest absolute Gasteiger partial charge is 0.487 e. The van der Waals surface area contributed by atoms with Gasteiger partial charge >= 0.3 is 0 Å². The second-order valence-electron chi connectivity index (χ2n) is 5.42. The van der Waals surface area contributed by atoms with Gasteiger partial charge in [0.15, 0.2) is 11.6 Å². The Bertz CT molecular complexity index is 672.